The molecule has 0 aliphatic rings. The molecule has 7 heteroatoms. The minimum Gasteiger partial charge on any atom is -0.383 e. The number of rotatable bonds is 3. The molecular formula is C11H15BrN6. The smallest absolute Gasteiger partial charge is 0.230 e. The molecule has 3 N–H and O–H groups in total. The van der Waals surface area contributed by atoms with Crippen molar-refractivity contribution in [3.05, 3.63) is 22.6 Å². The Morgan fingerprint density at radius 2 is 2.11 bits per heavy atom. The lowest BCUT2D eigenvalue weighted by Crippen LogP contribution is -2.02. The van der Waals surface area contributed by atoms with Crippen molar-refractivity contribution in [1.82, 2.24) is 19.7 Å². The molecule has 0 saturated carbocycles. The predicted octanol–water partition coefficient (Wildman–Crippen LogP) is 2.42. The average molecular weight is 311 g/mol. The summed E-state index contributed by atoms with van der Waals surface area (Å²) in [4.78, 5) is 8.34. The molecule has 0 aromatic carbocycles. The van der Waals surface area contributed by atoms with Crippen LogP contribution in [0.15, 0.2) is 16.9 Å². The Hall–Kier alpha value is -1.63. The monoisotopic (exact) mass is 310 g/mol. The van der Waals surface area contributed by atoms with E-state index in [1.165, 1.54) is 0 Å². The molecule has 18 heavy (non-hydrogen) atoms. The maximum absolute atomic E-state index is 5.67. The van der Waals surface area contributed by atoms with Crippen LogP contribution in [0, 0.1) is 0 Å². The van der Waals surface area contributed by atoms with Gasteiger partial charge in [-0.05, 0) is 21.8 Å². The quantitative estimate of drug-likeness (QED) is 0.851. The maximum Gasteiger partial charge on any atom is 0.230 e. The summed E-state index contributed by atoms with van der Waals surface area (Å²) < 4.78 is 2.41. The van der Waals surface area contributed by atoms with Crippen molar-refractivity contribution in [3.8, 4) is 0 Å². The number of nitrogens with one attached hydrogen (secondary N) is 1. The zero-order valence-electron chi connectivity index (χ0n) is 10.5. The van der Waals surface area contributed by atoms with Crippen LogP contribution in [0.3, 0.4) is 0 Å². The summed E-state index contributed by atoms with van der Waals surface area (Å²) in [6.07, 6.45) is 1.90. The summed E-state index contributed by atoms with van der Waals surface area (Å²) in [6.45, 7) is 4.17. The Kier molecular flexibility index (Phi) is 3.51. The van der Waals surface area contributed by atoms with E-state index in [-0.39, 0.29) is 0 Å². The maximum atomic E-state index is 5.67. The Balaban J connectivity index is 2.33. The van der Waals surface area contributed by atoms with Crippen LogP contribution in [0.5, 0.6) is 0 Å². The number of nitrogens with zero attached hydrogens (tertiary/aromatic N) is 4. The molecule has 0 spiro atoms. The number of hydrogen-bond donors (Lipinski definition) is 2. The molecule has 0 saturated heterocycles. The molecule has 2 rings (SSSR count). The summed E-state index contributed by atoms with van der Waals surface area (Å²) in [6, 6.07) is 1.65. The first-order valence-corrected chi connectivity index (χ1v) is 6.35. The van der Waals surface area contributed by atoms with Crippen LogP contribution in [0.2, 0.25) is 0 Å². The van der Waals surface area contributed by atoms with Crippen LogP contribution in [0.4, 0.5) is 17.5 Å². The number of nitrogen functional groups attached to an aromatic ring is 1. The summed E-state index contributed by atoms with van der Waals surface area (Å²) >= 11 is 3.29. The molecule has 2 aromatic heterocycles. The van der Waals surface area contributed by atoms with E-state index in [1.807, 2.05) is 13.2 Å². The third-order valence-corrected chi connectivity index (χ3v) is 2.77. The molecule has 0 amide bonds. The van der Waals surface area contributed by atoms with Gasteiger partial charge in [0.2, 0.25) is 5.95 Å². The van der Waals surface area contributed by atoms with Crippen LogP contribution < -0.4 is 11.1 Å². The zero-order chi connectivity index (χ0) is 13.3. The first-order chi connectivity index (χ1) is 8.45. The van der Waals surface area contributed by atoms with Gasteiger partial charge in [0, 0.05) is 19.3 Å². The second-order valence-corrected chi connectivity index (χ2v) is 5.13. The molecule has 0 atom stereocenters. The predicted molar refractivity (Wildman–Crippen MR) is 74.7 cm³/mol. The number of anilines is 3. The molecule has 6 nitrogen and oxygen atoms in total. The zero-order valence-corrected chi connectivity index (χ0v) is 12.1. The fraction of sp³-hybridized carbons (Fsp3) is 0.364. The van der Waals surface area contributed by atoms with Gasteiger partial charge in [0.15, 0.2) is 0 Å². The van der Waals surface area contributed by atoms with Crippen LogP contribution in [0.25, 0.3) is 0 Å². The van der Waals surface area contributed by atoms with E-state index in [0.29, 0.717) is 22.3 Å². The van der Waals surface area contributed by atoms with Crippen LogP contribution in [0.1, 0.15) is 25.5 Å². The molecule has 0 fully saturated rings. The lowest BCUT2D eigenvalue weighted by atomic mass is 10.1. The fourth-order valence-corrected chi connectivity index (χ4v) is 2.04. The average Bonchev–Trinajstić information content (AvgIpc) is 2.57. The normalized spacial score (nSPS) is 10.9. The number of aryl methyl sites for hydroxylation is 1. The summed E-state index contributed by atoms with van der Waals surface area (Å²) in [5.41, 5.74) is 7.54. The van der Waals surface area contributed by atoms with Crippen LogP contribution in [-0.2, 0) is 7.05 Å². The Morgan fingerprint density at radius 1 is 1.39 bits per heavy atom. The van der Waals surface area contributed by atoms with E-state index < -0.39 is 0 Å². The minimum absolute atomic E-state index is 0.318. The Morgan fingerprint density at radius 3 is 2.72 bits per heavy atom. The number of nitrogens with two attached hydrogens (primary N) is 1. The highest BCUT2D eigenvalue weighted by Gasteiger charge is 2.12. The summed E-state index contributed by atoms with van der Waals surface area (Å²) in [5, 5.41) is 7.55. The SMILES string of the molecule is CC(C)c1nn(C)cc1Nc1nc(N)cc(Br)n1. The third kappa shape index (κ3) is 2.79. The van der Waals surface area contributed by atoms with Gasteiger partial charge in [-0.15, -0.1) is 0 Å². The van der Waals surface area contributed by atoms with Gasteiger partial charge in [-0.2, -0.15) is 10.1 Å². The molecule has 0 aliphatic carbocycles. The van der Waals surface area contributed by atoms with Crippen molar-refractivity contribution >= 4 is 33.4 Å². The fourth-order valence-electron chi connectivity index (χ4n) is 1.64. The number of aromatic nitrogens is 4. The minimum atomic E-state index is 0.318. The summed E-state index contributed by atoms with van der Waals surface area (Å²) in [7, 11) is 1.88. The van der Waals surface area contributed by atoms with Crippen molar-refractivity contribution in [2.24, 2.45) is 7.05 Å². The van der Waals surface area contributed by atoms with Crippen molar-refractivity contribution in [2.45, 2.75) is 19.8 Å². The molecular weight excluding hydrogens is 296 g/mol. The van der Waals surface area contributed by atoms with Gasteiger partial charge in [-0.1, -0.05) is 13.8 Å². The molecule has 0 aliphatic heterocycles. The first-order valence-electron chi connectivity index (χ1n) is 5.56. The standard InChI is InChI=1S/C11H15BrN6/c1-6(2)10-7(5-18(3)17-10)14-11-15-8(12)4-9(13)16-11/h4-6H,1-3H3,(H3,13,14,15,16). The molecule has 2 heterocycles. The van der Waals surface area contributed by atoms with Crippen molar-refractivity contribution < 1.29 is 0 Å². The second-order valence-electron chi connectivity index (χ2n) is 4.32. The third-order valence-electron chi connectivity index (χ3n) is 2.37. The van der Waals surface area contributed by atoms with E-state index in [9.17, 15) is 0 Å². The van der Waals surface area contributed by atoms with Crippen molar-refractivity contribution in [3.63, 3.8) is 0 Å². The van der Waals surface area contributed by atoms with Gasteiger partial charge >= 0.3 is 0 Å². The topological polar surface area (TPSA) is 81.7 Å². The highest BCUT2D eigenvalue weighted by Crippen LogP contribution is 2.25. The Labute approximate surface area is 114 Å². The molecule has 96 valence electrons. The van der Waals surface area contributed by atoms with Gasteiger partial charge in [0.05, 0.1) is 11.4 Å². The van der Waals surface area contributed by atoms with E-state index in [2.05, 4.69) is 50.2 Å². The number of hydrogen-bond acceptors (Lipinski definition) is 5. The second kappa shape index (κ2) is 4.93. The highest BCUT2D eigenvalue weighted by molar-refractivity contribution is 9.10. The highest BCUT2D eigenvalue weighted by atomic mass is 79.9. The van der Waals surface area contributed by atoms with Gasteiger partial charge in [-0.3, -0.25) is 4.68 Å². The lowest BCUT2D eigenvalue weighted by molar-refractivity contribution is 0.713. The van der Waals surface area contributed by atoms with E-state index in [4.69, 9.17) is 5.73 Å². The molecule has 0 bridgehead atoms. The van der Waals surface area contributed by atoms with E-state index in [0.717, 1.165) is 11.4 Å². The van der Waals surface area contributed by atoms with Crippen molar-refractivity contribution in [1.29, 1.82) is 0 Å². The molecule has 2 aromatic rings. The van der Waals surface area contributed by atoms with Gasteiger partial charge in [0.1, 0.15) is 10.4 Å². The molecule has 0 radical (unpaired) electrons. The van der Waals surface area contributed by atoms with Gasteiger partial charge in [-0.25, -0.2) is 4.98 Å². The number of halogens is 1. The van der Waals surface area contributed by atoms with Gasteiger partial charge < -0.3 is 11.1 Å². The van der Waals surface area contributed by atoms with Crippen LogP contribution >= 0.6 is 15.9 Å². The summed E-state index contributed by atoms with van der Waals surface area (Å²) in [5.74, 6) is 1.18. The van der Waals surface area contributed by atoms with Gasteiger partial charge in [0.25, 0.3) is 0 Å². The first kappa shape index (κ1) is 12.8. The van der Waals surface area contributed by atoms with Crippen molar-refractivity contribution in [2.75, 3.05) is 11.1 Å². The largest absolute Gasteiger partial charge is 0.383 e. The molecule has 0 unspecified atom stereocenters. The van der Waals surface area contributed by atoms with Crippen LogP contribution in [-0.4, -0.2) is 19.7 Å². The lowest BCUT2D eigenvalue weighted by Gasteiger charge is -2.07. The van der Waals surface area contributed by atoms with E-state index in [1.54, 1.807) is 10.7 Å². The Bertz CT molecular complexity index is 542. The van der Waals surface area contributed by atoms with E-state index >= 15 is 0 Å².